The van der Waals surface area contributed by atoms with Crippen LogP contribution in [0.4, 0.5) is 10.5 Å². The van der Waals surface area contributed by atoms with Crippen LogP contribution in [-0.4, -0.2) is 30.9 Å². The lowest BCUT2D eigenvalue weighted by Gasteiger charge is -2.27. The number of aryl methyl sites for hydroxylation is 1. The van der Waals surface area contributed by atoms with Gasteiger partial charge in [-0.1, -0.05) is 24.3 Å². The van der Waals surface area contributed by atoms with E-state index in [1.807, 2.05) is 0 Å². The molecule has 1 aliphatic heterocycles. The maximum absolute atomic E-state index is 13.1. The van der Waals surface area contributed by atoms with Crippen LogP contribution in [-0.2, 0) is 9.59 Å². The largest absolute Gasteiger partial charge is 0.493 e. The fraction of sp³-hybridized carbons (Fsp3) is 0.0833. The normalized spacial score (nSPS) is 14.9. The van der Waals surface area contributed by atoms with Gasteiger partial charge < -0.3 is 13.9 Å². The number of benzene rings is 2. The van der Waals surface area contributed by atoms with Crippen LogP contribution in [0.1, 0.15) is 21.7 Å². The molecule has 0 atom stereocenters. The lowest BCUT2D eigenvalue weighted by molar-refractivity contribution is -0.122. The second-order valence-electron chi connectivity index (χ2n) is 7.02. The Morgan fingerprint density at radius 1 is 1.03 bits per heavy atom. The topological polar surface area (TPSA) is 115 Å². The summed E-state index contributed by atoms with van der Waals surface area (Å²) >= 11 is 0. The summed E-state index contributed by atoms with van der Waals surface area (Å²) in [5.74, 6) is -1.95. The first-order valence-corrected chi connectivity index (χ1v) is 9.80. The van der Waals surface area contributed by atoms with Gasteiger partial charge >= 0.3 is 12.0 Å². The number of barbiturate groups is 1. The summed E-state index contributed by atoms with van der Waals surface area (Å²) in [5.41, 5.74) is 1.25. The van der Waals surface area contributed by atoms with Crippen molar-refractivity contribution in [2.24, 2.45) is 0 Å². The van der Waals surface area contributed by atoms with Gasteiger partial charge in [-0.25, -0.2) is 14.5 Å². The summed E-state index contributed by atoms with van der Waals surface area (Å²) in [6.07, 6.45) is 2.68. The number of rotatable bonds is 5. The van der Waals surface area contributed by atoms with Gasteiger partial charge in [-0.3, -0.25) is 14.9 Å². The van der Waals surface area contributed by atoms with E-state index in [9.17, 15) is 19.2 Å². The monoisotopic (exact) mass is 446 g/mol. The summed E-state index contributed by atoms with van der Waals surface area (Å²) in [6, 6.07) is 13.5. The zero-order chi connectivity index (χ0) is 23.5. The smallest absolute Gasteiger partial charge is 0.379 e. The molecule has 166 valence electrons. The molecular formula is C24H18N2O7. The van der Waals surface area contributed by atoms with Crippen molar-refractivity contribution in [2.75, 3.05) is 12.0 Å². The minimum absolute atomic E-state index is 0.0219. The van der Waals surface area contributed by atoms with E-state index >= 15 is 0 Å². The van der Waals surface area contributed by atoms with Crippen molar-refractivity contribution in [2.45, 2.75) is 6.92 Å². The van der Waals surface area contributed by atoms with Crippen LogP contribution in [0.2, 0.25) is 0 Å². The third-order valence-corrected chi connectivity index (χ3v) is 4.88. The van der Waals surface area contributed by atoms with E-state index in [4.69, 9.17) is 13.9 Å². The highest BCUT2D eigenvalue weighted by Crippen LogP contribution is 2.31. The fourth-order valence-corrected chi connectivity index (χ4v) is 3.26. The van der Waals surface area contributed by atoms with Gasteiger partial charge in [0.05, 0.1) is 19.1 Å². The first kappa shape index (κ1) is 21.6. The fourth-order valence-electron chi connectivity index (χ4n) is 3.26. The number of furan rings is 1. The second kappa shape index (κ2) is 8.83. The van der Waals surface area contributed by atoms with Crippen LogP contribution < -0.4 is 19.7 Å². The molecule has 1 saturated heterocycles. The van der Waals surface area contributed by atoms with E-state index in [1.165, 1.54) is 43.7 Å². The van der Waals surface area contributed by atoms with Crippen molar-refractivity contribution in [3.8, 4) is 11.5 Å². The number of carbonyl (C=O) groups is 4. The molecule has 0 bridgehead atoms. The maximum atomic E-state index is 13.1. The molecule has 4 rings (SSSR count). The van der Waals surface area contributed by atoms with E-state index in [-0.39, 0.29) is 22.8 Å². The number of methoxy groups -OCH3 is 1. The molecule has 0 saturated carbocycles. The summed E-state index contributed by atoms with van der Waals surface area (Å²) in [5, 5.41) is 2.19. The highest BCUT2D eigenvalue weighted by molar-refractivity contribution is 6.39. The highest BCUT2D eigenvalue weighted by Gasteiger charge is 2.37. The third kappa shape index (κ3) is 4.24. The van der Waals surface area contributed by atoms with E-state index < -0.39 is 23.8 Å². The lowest BCUT2D eigenvalue weighted by Crippen LogP contribution is -2.54. The number of amides is 4. The predicted molar refractivity (Wildman–Crippen MR) is 117 cm³/mol. The molecule has 1 aromatic heterocycles. The number of hydrogen-bond donors (Lipinski definition) is 1. The van der Waals surface area contributed by atoms with Gasteiger partial charge in [-0.05, 0) is 54.5 Å². The van der Waals surface area contributed by atoms with Gasteiger partial charge in [0, 0.05) is 0 Å². The predicted octanol–water partition coefficient (Wildman–Crippen LogP) is 3.48. The molecular weight excluding hydrogens is 428 g/mol. The van der Waals surface area contributed by atoms with Gasteiger partial charge in [0.25, 0.3) is 11.8 Å². The zero-order valence-corrected chi connectivity index (χ0v) is 17.7. The Bertz CT molecular complexity index is 1290. The number of nitrogens with one attached hydrogen (secondary N) is 1. The van der Waals surface area contributed by atoms with Crippen molar-refractivity contribution in [1.82, 2.24) is 5.32 Å². The summed E-state index contributed by atoms with van der Waals surface area (Å²) in [4.78, 5) is 50.9. The summed E-state index contributed by atoms with van der Waals surface area (Å²) in [6.45, 7) is 1.75. The second-order valence-corrected chi connectivity index (χ2v) is 7.02. The number of ether oxygens (including phenoxy) is 2. The van der Waals surface area contributed by atoms with Crippen molar-refractivity contribution >= 4 is 35.6 Å². The van der Waals surface area contributed by atoms with Crippen LogP contribution in [0, 0.1) is 6.92 Å². The molecule has 9 heteroatoms. The van der Waals surface area contributed by atoms with E-state index in [0.29, 0.717) is 16.8 Å². The third-order valence-electron chi connectivity index (χ3n) is 4.88. The van der Waals surface area contributed by atoms with Crippen molar-refractivity contribution in [3.63, 3.8) is 0 Å². The molecule has 0 radical (unpaired) electrons. The number of esters is 1. The van der Waals surface area contributed by atoms with Crippen molar-refractivity contribution in [3.05, 3.63) is 83.3 Å². The average Bonchev–Trinajstić information content (AvgIpc) is 3.34. The minimum Gasteiger partial charge on any atom is -0.493 e. The number of nitrogens with zero attached hydrogens (tertiary/aromatic N) is 1. The van der Waals surface area contributed by atoms with E-state index in [1.54, 1.807) is 37.3 Å². The minimum atomic E-state index is -0.825. The Hall–Kier alpha value is -4.66. The Labute approximate surface area is 188 Å². The Morgan fingerprint density at radius 3 is 2.52 bits per heavy atom. The van der Waals surface area contributed by atoms with Crippen LogP contribution in [0.25, 0.3) is 6.08 Å². The summed E-state index contributed by atoms with van der Waals surface area (Å²) < 4.78 is 15.6. The van der Waals surface area contributed by atoms with Crippen LogP contribution in [0.15, 0.2) is 70.9 Å². The first-order chi connectivity index (χ1) is 15.9. The zero-order valence-electron chi connectivity index (χ0n) is 17.7. The maximum Gasteiger partial charge on any atom is 0.379 e. The number of anilines is 1. The molecule has 2 aromatic carbocycles. The van der Waals surface area contributed by atoms with Gasteiger partial charge in [0.1, 0.15) is 5.57 Å². The van der Waals surface area contributed by atoms with Crippen molar-refractivity contribution < 1.29 is 33.1 Å². The molecule has 1 aliphatic rings. The summed E-state index contributed by atoms with van der Waals surface area (Å²) in [7, 11) is 1.38. The number of carbonyl (C=O) groups excluding carboxylic acids is 4. The number of para-hydroxylation sites is 1. The molecule has 33 heavy (non-hydrogen) atoms. The van der Waals surface area contributed by atoms with Gasteiger partial charge in [0.2, 0.25) is 5.76 Å². The van der Waals surface area contributed by atoms with Gasteiger partial charge in [0.15, 0.2) is 11.5 Å². The standard InChI is InChI=1S/C24H18N2O7/c1-14-6-3-4-7-17(14)26-22(28)16(21(27)25-24(26)30)12-15-9-10-18(20(13-15)31-2)33-23(29)19-8-5-11-32-19/h3-13H,1-2H3,(H,25,27,30). The lowest BCUT2D eigenvalue weighted by atomic mass is 10.1. The Balaban J connectivity index is 1.65. The number of hydrogen-bond acceptors (Lipinski definition) is 7. The van der Waals surface area contributed by atoms with Gasteiger partial charge in [-0.15, -0.1) is 0 Å². The SMILES string of the molecule is COc1cc(C=C2C(=O)NC(=O)N(c3ccccc3C)C2=O)ccc1OC(=O)c1ccco1. The molecule has 0 unspecified atom stereocenters. The molecule has 0 spiro atoms. The number of imide groups is 2. The van der Waals surface area contributed by atoms with E-state index in [2.05, 4.69) is 5.32 Å². The molecule has 4 amide bonds. The van der Waals surface area contributed by atoms with Crippen LogP contribution in [0.5, 0.6) is 11.5 Å². The molecule has 9 nitrogen and oxygen atoms in total. The van der Waals surface area contributed by atoms with Crippen LogP contribution in [0.3, 0.4) is 0 Å². The highest BCUT2D eigenvalue weighted by atomic mass is 16.6. The average molecular weight is 446 g/mol. The Morgan fingerprint density at radius 2 is 1.82 bits per heavy atom. The van der Waals surface area contributed by atoms with E-state index in [0.717, 1.165) is 4.90 Å². The molecule has 1 N–H and O–H groups in total. The van der Waals surface area contributed by atoms with Crippen molar-refractivity contribution in [1.29, 1.82) is 0 Å². The molecule has 0 aliphatic carbocycles. The first-order valence-electron chi connectivity index (χ1n) is 9.80. The molecule has 3 aromatic rings. The number of urea groups is 1. The Kier molecular flexibility index (Phi) is 5.77. The molecule has 1 fully saturated rings. The quantitative estimate of drug-likeness (QED) is 0.276. The van der Waals surface area contributed by atoms with Gasteiger partial charge in [-0.2, -0.15) is 0 Å². The van der Waals surface area contributed by atoms with Crippen LogP contribution >= 0.6 is 0 Å². The molecule has 2 heterocycles.